The number of anilines is 1. The molecule has 2 aliphatic heterocycles. The van der Waals surface area contributed by atoms with E-state index in [9.17, 15) is 18.4 Å². The van der Waals surface area contributed by atoms with Crippen LogP contribution in [0.5, 0.6) is 0 Å². The average molecular weight is 671 g/mol. The van der Waals surface area contributed by atoms with Crippen molar-refractivity contribution in [3.8, 4) is 6.07 Å². The number of likely N-dealkylation sites (tertiary alicyclic amines) is 1. The predicted molar refractivity (Wildman–Crippen MR) is 181 cm³/mol. The zero-order valence-electron chi connectivity index (χ0n) is 26.8. The van der Waals surface area contributed by atoms with Gasteiger partial charge in [0.2, 0.25) is 0 Å². The summed E-state index contributed by atoms with van der Waals surface area (Å²) in [7, 11) is 0. The monoisotopic (exact) mass is 670 g/mol. The number of nitrogens with zero attached hydrogens (tertiary/aromatic N) is 7. The predicted octanol–water partition coefficient (Wildman–Crippen LogP) is 6.68. The second-order valence-corrected chi connectivity index (χ2v) is 14.6. The van der Waals surface area contributed by atoms with Crippen molar-refractivity contribution >= 4 is 50.2 Å². The molecule has 2 saturated heterocycles. The molecule has 5 heterocycles. The van der Waals surface area contributed by atoms with Gasteiger partial charge in [-0.05, 0) is 69.2 Å². The molecule has 46 heavy (non-hydrogen) atoms. The summed E-state index contributed by atoms with van der Waals surface area (Å²) < 4.78 is 43.5. The van der Waals surface area contributed by atoms with Crippen molar-refractivity contribution in [1.29, 1.82) is 5.26 Å². The van der Waals surface area contributed by atoms with Crippen molar-refractivity contribution in [1.82, 2.24) is 28.6 Å². The molecule has 1 N–H and O–H groups in total. The quantitative estimate of drug-likeness (QED) is 0.198. The van der Waals surface area contributed by atoms with Gasteiger partial charge in [-0.1, -0.05) is 18.0 Å². The molecule has 0 aliphatic carbocycles. The minimum Gasteiger partial charge on any atom is -0.367 e. The molecule has 3 aromatic heterocycles. The Balaban J connectivity index is 1.09. The molecule has 2 aliphatic rings. The summed E-state index contributed by atoms with van der Waals surface area (Å²) in [5, 5.41) is 15.3. The first-order valence-corrected chi connectivity index (χ1v) is 17.9. The van der Waals surface area contributed by atoms with E-state index in [1.807, 2.05) is 11.9 Å². The van der Waals surface area contributed by atoms with Gasteiger partial charge < -0.3 is 9.88 Å². The van der Waals surface area contributed by atoms with Crippen LogP contribution in [0.2, 0.25) is 0 Å². The maximum absolute atomic E-state index is 12.9. The van der Waals surface area contributed by atoms with Gasteiger partial charge in [-0.2, -0.15) is 18.4 Å². The number of rotatable bonds is 9. The molecular formula is C33H41F3N8S2. The summed E-state index contributed by atoms with van der Waals surface area (Å²) in [6.45, 7) is 13.2. The number of benzene rings is 1. The highest BCUT2D eigenvalue weighted by atomic mass is 32.2. The normalized spacial score (nSPS) is 20.0. The van der Waals surface area contributed by atoms with E-state index in [4.69, 9.17) is 0 Å². The summed E-state index contributed by atoms with van der Waals surface area (Å²) in [6.07, 6.45) is 0.177. The lowest BCUT2D eigenvalue weighted by atomic mass is 10.0. The van der Waals surface area contributed by atoms with E-state index < -0.39 is 12.6 Å². The fraction of sp³-hybridized carbons (Fsp3) is 0.545. The van der Waals surface area contributed by atoms with Crippen molar-refractivity contribution in [3.05, 3.63) is 52.3 Å². The van der Waals surface area contributed by atoms with Gasteiger partial charge >= 0.3 is 6.18 Å². The van der Waals surface area contributed by atoms with Gasteiger partial charge in [-0.25, -0.2) is 14.3 Å². The summed E-state index contributed by atoms with van der Waals surface area (Å²) in [5.74, 6) is 0.610. The van der Waals surface area contributed by atoms with Crippen molar-refractivity contribution in [2.45, 2.75) is 77.4 Å². The third kappa shape index (κ3) is 7.16. The largest absolute Gasteiger partial charge is 0.393 e. The third-order valence-corrected chi connectivity index (χ3v) is 11.6. The van der Waals surface area contributed by atoms with Gasteiger partial charge in [0.25, 0.3) is 0 Å². The molecule has 0 amide bonds. The SMILES string of the molecule is CSN1CCN(C(C)Cn2c(C#N)cc3c(C)c(CN4CCC(Nc5ncnc6sc(CC(F)(F)F)cc56)CC4)ccc32)CC1C. The maximum Gasteiger partial charge on any atom is 0.393 e. The van der Waals surface area contributed by atoms with Crippen LogP contribution in [-0.2, 0) is 19.5 Å². The van der Waals surface area contributed by atoms with E-state index in [0.29, 0.717) is 33.8 Å². The lowest BCUT2D eigenvalue weighted by Gasteiger charge is -2.41. The van der Waals surface area contributed by atoms with E-state index in [2.05, 4.69) is 85.3 Å². The highest BCUT2D eigenvalue weighted by Crippen LogP contribution is 2.34. The van der Waals surface area contributed by atoms with Crippen LogP contribution < -0.4 is 5.32 Å². The summed E-state index contributed by atoms with van der Waals surface area (Å²) >= 11 is 2.89. The van der Waals surface area contributed by atoms with Crippen LogP contribution >= 0.6 is 23.3 Å². The minimum absolute atomic E-state index is 0.185. The molecule has 0 bridgehead atoms. The maximum atomic E-state index is 12.9. The first-order chi connectivity index (χ1) is 22.0. The number of fused-ring (bicyclic) bond motifs is 2. The first-order valence-electron chi connectivity index (χ1n) is 15.9. The molecule has 2 unspecified atom stereocenters. The Morgan fingerprint density at radius 3 is 2.61 bits per heavy atom. The number of piperidine rings is 1. The number of nitrogens with one attached hydrogen (secondary N) is 1. The molecule has 13 heteroatoms. The number of nitriles is 1. The molecule has 1 aromatic carbocycles. The summed E-state index contributed by atoms with van der Waals surface area (Å²) in [6, 6.07) is 11.5. The summed E-state index contributed by atoms with van der Waals surface area (Å²) in [4.78, 5) is 14.4. The van der Waals surface area contributed by atoms with Gasteiger partial charge in [-0.3, -0.25) is 9.80 Å². The zero-order valence-corrected chi connectivity index (χ0v) is 28.4. The van der Waals surface area contributed by atoms with E-state index in [1.165, 1.54) is 17.5 Å². The standard InChI is InChI=1S/C33H41F3N8S2/c1-21(42-11-12-44(45-4)22(2)17-42)18-43-26(16-37)13-28-23(3)24(5-6-30(28)43)19-41-9-7-25(8-10-41)40-31-29-14-27(15-33(34,35)36)46-32(29)39-20-38-31/h5-6,13-14,20-22,25H,7-12,15,17-19H2,1-4H3,(H,38,39,40). The van der Waals surface area contributed by atoms with Crippen LogP contribution in [0, 0.1) is 18.3 Å². The zero-order chi connectivity index (χ0) is 32.6. The van der Waals surface area contributed by atoms with E-state index >= 15 is 0 Å². The summed E-state index contributed by atoms with van der Waals surface area (Å²) in [5.41, 5.74) is 4.31. The number of halogens is 3. The minimum atomic E-state index is -4.25. The first kappa shape index (κ1) is 33.0. The Labute approximate surface area is 276 Å². The van der Waals surface area contributed by atoms with Crippen LogP contribution in [0.25, 0.3) is 21.1 Å². The highest BCUT2D eigenvalue weighted by molar-refractivity contribution is 7.96. The van der Waals surface area contributed by atoms with Crippen molar-refractivity contribution in [2.75, 3.05) is 44.3 Å². The lowest BCUT2D eigenvalue weighted by molar-refractivity contribution is -0.126. The Hall–Kier alpha value is -2.89. The number of thiophene rings is 1. The van der Waals surface area contributed by atoms with Gasteiger partial charge in [0, 0.05) is 79.7 Å². The third-order valence-electron chi connectivity index (χ3n) is 9.56. The van der Waals surface area contributed by atoms with E-state index in [-0.39, 0.29) is 10.9 Å². The van der Waals surface area contributed by atoms with Gasteiger partial charge in [0.05, 0.1) is 11.8 Å². The Bertz CT molecular complexity index is 1720. The molecule has 0 saturated carbocycles. The van der Waals surface area contributed by atoms with Gasteiger partial charge in [-0.15, -0.1) is 11.3 Å². The number of alkyl halides is 3. The molecular weight excluding hydrogens is 630 g/mol. The van der Waals surface area contributed by atoms with Crippen LogP contribution in [0.15, 0.2) is 30.6 Å². The molecule has 246 valence electrons. The Morgan fingerprint density at radius 1 is 1.13 bits per heavy atom. The fourth-order valence-corrected chi connectivity index (χ4v) is 8.69. The van der Waals surface area contributed by atoms with Crippen molar-refractivity contribution < 1.29 is 13.2 Å². The molecule has 0 radical (unpaired) electrons. The van der Waals surface area contributed by atoms with Crippen LogP contribution in [0.4, 0.5) is 19.0 Å². The lowest BCUT2D eigenvalue weighted by Crippen LogP contribution is -2.52. The molecule has 2 atom stereocenters. The number of aryl methyl sites for hydroxylation is 1. The highest BCUT2D eigenvalue weighted by Gasteiger charge is 2.30. The van der Waals surface area contributed by atoms with Crippen LogP contribution in [0.1, 0.15) is 48.4 Å². The van der Waals surface area contributed by atoms with Crippen molar-refractivity contribution in [3.63, 3.8) is 0 Å². The van der Waals surface area contributed by atoms with Crippen LogP contribution in [-0.4, -0.2) is 91.9 Å². The topological polar surface area (TPSA) is 76.2 Å². The molecule has 0 spiro atoms. The second-order valence-electron chi connectivity index (χ2n) is 12.7. The molecule has 2 fully saturated rings. The Kier molecular flexibility index (Phi) is 9.83. The smallest absolute Gasteiger partial charge is 0.367 e. The molecule has 6 rings (SSSR count). The van der Waals surface area contributed by atoms with Crippen molar-refractivity contribution in [2.24, 2.45) is 0 Å². The van der Waals surface area contributed by atoms with E-state index in [1.54, 1.807) is 6.07 Å². The number of aromatic nitrogens is 3. The van der Waals surface area contributed by atoms with Crippen LogP contribution in [0.3, 0.4) is 0 Å². The number of piperazine rings is 1. The number of hydrogen-bond acceptors (Lipinski definition) is 9. The number of hydrogen-bond donors (Lipinski definition) is 1. The fourth-order valence-electron chi connectivity index (χ4n) is 6.98. The second kappa shape index (κ2) is 13.7. The molecule has 4 aromatic rings. The molecule has 8 nitrogen and oxygen atoms in total. The average Bonchev–Trinajstić information content (AvgIpc) is 3.59. The Morgan fingerprint density at radius 2 is 1.91 bits per heavy atom. The van der Waals surface area contributed by atoms with E-state index in [0.717, 1.165) is 80.9 Å². The van der Waals surface area contributed by atoms with Gasteiger partial charge in [0.1, 0.15) is 28.7 Å². The van der Waals surface area contributed by atoms with Gasteiger partial charge in [0.15, 0.2) is 0 Å².